The van der Waals surface area contributed by atoms with E-state index in [-0.39, 0.29) is 42.2 Å². The van der Waals surface area contributed by atoms with Crippen molar-refractivity contribution in [2.75, 3.05) is 18.0 Å². The fraction of sp³-hybridized carbons (Fsp3) is 0.500. The van der Waals surface area contributed by atoms with E-state index in [4.69, 9.17) is 0 Å². The Morgan fingerprint density at radius 3 is 2.65 bits per heavy atom. The first-order valence-electron chi connectivity index (χ1n) is 14.6. The Morgan fingerprint density at radius 1 is 1.18 bits per heavy atom. The van der Waals surface area contributed by atoms with Crippen LogP contribution in [-0.4, -0.2) is 50.8 Å². The summed E-state index contributed by atoms with van der Waals surface area (Å²) in [6, 6.07) is 14.8. The molecule has 2 aliphatic rings. The lowest BCUT2D eigenvalue weighted by Gasteiger charge is -2.38. The fourth-order valence-corrected chi connectivity index (χ4v) is 6.34. The number of piperidine rings is 1. The predicted molar refractivity (Wildman–Crippen MR) is 161 cm³/mol. The summed E-state index contributed by atoms with van der Waals surface area (Å²) in [5, 5.41) is 8.99. The standard InChI is InChI=1S/C32H40BrN5O2/c1-5-6-7-24-8-11-28(12-9-24)37-19-27(18-31(37)39)32(40)36-15-14-26(17-22(36)3)30-20-38(35-34-30)23(4)25-10-13-29(33)21(2)16-25/h8-13,16,20,22-23,26-27H,5-7,14-15,17-19H2,1-4H3/t22?,23-,26?,27?/m0/s1. The van der Waals surface area contributed by atoms with Gasteiger partial charge in [-0.15, -0.1) is 5.10 Å². The molecule has 0 radical (unpaired) electrons. The van der Waals surface area contributed by atoms with Crippen LogP contribution in [-0.2, 0) is 16.0 Å². The van der Waals surface area contributed by atoms with E-state index in [0.717, 1.165) is 48.0 Å². The van der Waals surface area contributed by atoms with Gasteiger partial charge in [0.1, 0.15) is 0 Å². The Kier molecular flexibility index (Phi) is 8.74. The number of carbonyl (C=O) groups is 2. The van der Waals surface area contributed by atoms with E-state index in [2.05, 4.69) is 90.5 Å². The Balaban J connectivity index is 1.18. The van der Waals surface area contributed by atoms with Crippen molar-refractivity contribution in [3.63, 3.8) is 0 Å². The number of likely N-dealkylation sites (tertiary alicyclic amines) is 1. The molecule has 3 aromatic rings. The molecule has 3 unspecified atom stereocenters. The van der Waals surface area contributed by atoms with E-state index in [1.807, 2.05) is 21.7 Å². The molecule has 2 aromatic carbocycles. The molecular formula is C32H40BrN5O2. The number of aromatic nitrogens is 3. The molecule has 3 heterocycles. The van der Waals surface area contributed by atoms with Gasteiger partial charge in [0.05, 0.1) is 17.7 Å². The number of benzene rings is 2. The summed E-state index contributed by atoms with van der Waals surface area (Å²) in [7, 11) is 0. The molecule has 1 aromatic heterocycles. The summed E-state index contributed by atoms with van der Waals surface area (Å²) in [5.41, 5.74) is 5.56. The lowest BCUT2D eigenvalue weighted by atomic mass is 9.88. The maximum absolute atomic E-state index is 13.6. The molecule has 7 nitrogen and oxygen atoms in total. The molecule has 2 aliphatic heterocycles. The van der Waals surface area contributed by atoms with Crippen LogP contribution in [0.2, 0.25) is 0 Å². The van der Waals surface area contributed by atoms with Crippen LogP contribution in [0.1, 0.15) is 87.2 Å². The van der Waals surface area contributed by atoms with Gasteiger partial charge in [-0.05, 0) is 81.3 Å². The smallest absolute Gasteiger partial charge is 0.228 e. The van der Waals surface area contributed by atoms with Crippen LogP contribution in [0.25, 0.3) is 0 Å². The highest BCUT2D eigenvalue weighted by Gasteiger charge is 2.40. The molecule has 0 spiro atoms. The van der Waals surface area contributed by atoms with Gasteiger partial charge in [-0.1, -0.05) is 58.8 Å². The van der Waals surface area contributed by atoms with Gasteiger partial charge < -0.3 is 9.80 Å². The number of aryl methyl sites for hydroxylation is 2. The highest BCUT2D eigenvalue weighted by molar-refractivity contribution is 9.10. The second-order valence-corrected chi connectivity index (χ2v) is 12.4. The van der Waals surface area contributed by atoms with Crippen LogP contribution in [0.5, 0.6) is 0 Å². The van der Waals surface area contributed by atoms with Crippen LogP contribution >= 0.6 is 15.9 Å². The number of hydrogen-bond donors (Lipinski definition) is 0. The third-order valence-electron chi connectivity index (χ3n) is 8.71. The highest BCUT2D eigenvalue weighted by Crippen LogP contribution is 2.34. The molecule has 0 bridgehead atoms. The Morgan fingerprint density at radius 2 is 1.95 bits per heavy atom. The average molecular weight is 607 g/mol. The molecule has 40 heavy (non-hydrogen) atoms. The van der Waals surface area contributed by atoms with E-state index < -0.39 is 0 Å². The molecule has 2 amide bonds. The molecule has 212 valence electrons. The monoisotopic (exact) mass is 605 g/mol. The van der Waals surface area contributed by atoms with Crippen LogP contribution < -0.4 is 4.90 Å². The van der Waals surface area contributed by atoms with E-state index in [1.54, 1.807) is 4.90 Å². The van der Waals surface area contributed by atoms with Crippen molar-refractivity contribution >= 4 is 33.4 Å². The minimum atomic E-state index is -0.289. The second kappa shape index (κ2) is 12.2. The number of anilines is 1. The zero-order valence-corrected chi connectivity index (χ0v) is 25.6. The second-order valence-electron chi connectivity index (χ2n) is 11.6. The van der Waals surface area contributed by atoms with Gasteiger partial charge in [-0.3, -0.25) is 9.59 Å². The summed E-state index contributed by atoms with van der Waals surface area (Å²) in [4.78, 5) is 30.2. The van der Waals surface area contributed by atoms with Gasteiger partial charge in [-0.2, -0.15) is 0 Å². The van der Waals surface area contributed by atoms with Gasteiger partial charge in [0.15, 0.2) is 0 Å². The number of unbranched alkanes of at least 4 members (excludes halogenated alkanes) is 1. The van der Waals surface area contributed by atoms with E-state index in [1.165, 1.54) is 16.7 Å². The first-order chi connectivity index (χ1) is 19.2. The molecule has 5 rings (SSSR count). The summed E-state index contributed by atoms with van der Waals surface area (Å²) < 4.78 is 3.04. The molecule has 0 saturated carbocycles. The Labute approximate surface area is 246 Å². The quantitative estimate of drug-likeness (QED) is 0.296. The average Bonchev–Trinajstić information content (AvgIpc) is 3.60. The highest BCUT2D eigenvalue weighted by atomic mass is 79.9. The number of carbonyl (C=O) groups excluding carboxylic acids is 2. The van der Waals surface area contributed by atoms with Gasteiger partial charge in [0.2, 0.25) is 11.8 Å². The Bertz CT molecular complexity index is 1350. The number of amides is 2. The predicted octanol–water partition coefficient (Wildman–Crippen LogP) is 6.45. The van der Waals surface area contributed by atoms with Gasteiger partial charge in [0, 0.05) is 47.8 Å². The Hall–Kier alpha value is -3.00. The summed E-state index contributed by atoms with van der Waals surface area (Å²) >= 11 is 3.58. The van der Waals surface area contributed by atoms with Crippen molar-refractivity contribution < 1.29 is 9.59 Å². The van der Waals surface area contributed by atoms with Crippen molar-refractivity contribution in [3.8, 4) is 0 Å². The molecule has 4 atom stereocenters. The normalized spacial score (nSPS) is 22.1. The van der Waals surface area contributed by atoms with E-state index >= 15 is 0 Å². The molecule has 2 saturated heterocycles. The molecule has 0 N–H and O–H groups in total. The third-order valence-corrected chi connectivity index (χ3v) is 9.60. The number of hydrogen-bond acceptors (Lipinski definition) is 4. The van der Waals surface area contributed by atoms with Crippen LogP contribution in [0, 0.1) is 12.8 Å². The van der Waals surface area contributed by atoms with Gasteiger partial charge >= 0.3 is 0 Å². The first kappa shape index (κ1) is 28.5. The van der Waals surface area contributed by atoms with Crippen molar-refractivity contribution in [3.05, 3.63) is 75.5 Å². The van der Waals surface area contributed by atoms with Crippen molar-refractivity contribution in [2.45, 2.75) is 84.2 Å². The minimum absolute atomic E-state index is 0.0360. The van der Waals surface area contributed by atoms with Crippen molar-refractivity contribution in [2.24, 2.45) is 5.92 Å². The lowest BCUT2D eigenvalue weighted by Crippen LogP contribution is -2.47. The van der Waals surface area contributed by atoms with E-state index in [0.29, 0.717) is 13.1 Å². The molecular weight excluding hydrogens is 566 g/mol. The molecule has 0 aliphatic carbocycles. The summed E-state index contributed by atoms with van der Waals surface area (Å²) in [6.45, 7) is 9.67. The van der Waals surface area contributed by atoms with E-state index in [9.17, 15) is 9.59 Å². The maximum atomic E-state index is 13.6. The van der Waals surface area contributed by atoms with Crippen LogP contribution in [0.3, 0.4) is 0 Å². The first-order valence-corrected chi connectivity index (χ1v) is 15.4. The zero-order valence-electron chi connectivity index (χ0n) is 24.0. The number of halogens is 1. The van der Waals surface area contributed by atoms with Crippen molar-refractivity contribution in [1.29, 1.82) is 0 Å². The van der Waals surface area contributed by atoms with Crippen molar-refractivity contribution in [1.82, 2.24) is 19.9 Å². The summed E-state index contributed by atoms with van der Waals surface area (Å²) in [6.07, 6.45) is 7.43. The maximum Gasteiger partial charge on any atom is 0.228 e. The van der Waals surface area contributed by atoms with Gasteiger partial charge in [0.25, 0.3) is 0 Å². The topological polar surface area (TPSA) is 71.3 Å². The molecule has 8 heteroatoms. The van der Waals surface area contributed by atoms with Crippen LogP contribution in [0.15, 0.2) is 53.1 Å². The van der Waals surface area contributed by atoms with Gasteiger partial charge in [-0.25, -0.2) is 4.68 Å². The lowest BCUT2D eigenvalue weighted by molar-refractivity contribution is -0.139. The number of rotatable bonds is 8. The zero-order chi connectivity index (χ0) is 28.4. The largest absolute Gasteiger partial charge is 0.340 e. The minimum Gasteiger partial charge on any atom is -0.340 e. The number of nitrogens with zero attached hydrogens (tertiary/aromatic N) is 5. The molecule has 2 fully saturated rings. The fourth-order valence-electron chi connectivity index (χ4n) is 6.10. The third kappa shape index (κ3) is 6.02. The van der Waals surface area contributed by atoms with Crippen LogP contribution in [0.4, 0.5) is 5.69 Å². The summed E-state index contributed by atoms with van der Waals surface area (Å²) in [5.74, 6) is 0.111. The SMILES string of the molecule is CCCCc1ccc(N2CC(C(=O)N3CCC(c4cn([C@@H](C)c5ccc(Br)c(C)c5)nn4)CC3C)CC2=O)cc1.